The Morgan fingerprint density at radius 3 is 2.43 bits per heavy atom. The second-order valence-electron chi connectivity index (χ2n) is 6.68. The van der Waals surface area contributed by atoms with E-state index in [1.54, 1.807) is 10.4 Å². The van der Waals surface area contributed by atoms with Crippen LogP contribution < -0.4 is 0 Å². The smallest absolute Gasteiger partial charge is 0.0506 e. The molecule has 0 saturated heterocycles. The fourth-order valence-corrected chi connectivity index (χ4v) is 6.90. The fraction of sp³-hybridized carbons (Fsp3) is 0.684. The Balaban J connectivity index is 1.87. The van der Waals surface area contributed by atoms with Crippen LogP contribution in [0.5, 0.6) is 0 Å². The molecule has 1 aliphatic carbocycles. The third-order valence-corrected chi connectivity index (χ3v) is 7.70. The van der Waals surface area contributed by atoms with Gasteiger partial charge in [0.2, 0.25) is 0 Å². The van der Waals surface area contributed by atoms with Gasteiger partial charge in [0, 0.05) is 16.2 Å². The van der Waals surface area contributed by atoms with Crippen LogP contribution in [-0.4, -0.2) is 0 Å². The molecular weight excluding hydrogens is 292 g/mol. The molecule has 0 aromatic carbocycles. The van der Waals surface area contributed by atoms with Gasteiger partial charge in [0.15, 0.2) is 0 Å². The molecule has 1 aliphatic heterocycles. The molecule has 3 rings (SSSR count). The van der Waals surface area contributed by atoms with Crippen molar-refractivity contribution in [3.8, 4) is 0 Å². The van der Waals surface area contributed by atoms with Crippen LogP contribution in [0.15, 0.2) is 22.9 Å². The lowest BCUT2D eigenvalue weighted by atomic mass is 9.68. The van der Waals surface area contributed by atoms with E-state index in [2.05, 4.69) is 48.5 Å². The van der Waals surface area contributed by atoms with Crippen LogP contribution in [0, 0.1) is 5.92 Å². The molecule has 0 radical (unpaired) electrons. The van der Waals surface area contributed by atoms with Gasteiger partial charge in [-0.2, -0.15) is 0 Å². The minimum absolute atomic E-state index is 0.463. The van der Waals surface area contributed by atoms with E-state index in [-0.39, 0.29) is 0 Å². The fourth-order valence-electron chi connectivity index (χ4n) is 4.34. The first kappa shape index (κ1) is 15.7. The molecular formula is C19H28S2. The van der Waals surface area contributed by atoms with Crippen LogP contribution in [-0.2, 0) is 5.41 Å². The maximum Gasteiger partial charge on any atom is 0.0506 e. The maximum absolute atomic E-state index is 2.54. The molecule has 0 spiro atoms. The van der Waals surface area contributed by atoms with Crippen LogP contribution >= 0.6 is 23.1 Å². The van der Waals surface area contributed by atoms with Crippen LogP contribution in [0.3, 0.4) is 0 Å². The van der Waals surface area contributed by atoms with Gasteiger partial charge in [-0.05, 0) is 35.3 Å². The van der Waals surface area contributed by atoms with Gasteiger partial charge in [0.05, 0.1) is 5.25 Å². The molecule has 0 amide bonds. The van der Waals surface area contributed by atoms with Crippen molar-refractivity contribution in [1.29, 1.82) is 0 Å². The van der Waals surface area contributed by atoms with Crippen molar-refractivity contribution in [2.24, 2.45) is 5.92 Å². The number of fused-ring (bicyclic) bond motifs is 3. The Bertz CT molecular complexity index is 476. The van der Waals surface area contributed by atoms with Crippen molar-refractivity contribution in [2.75, 3.05) is 0 Å². The lowest BCUT2D eigenvalue weighted by Gasteiger charge is -2.36. The van der Waals surface area contributed by atoms with E-state index in [0.717, 1.165) is 11.2 Å². The highest BCUT2D eigenvalue weighted by atomic mass is 32.2. The van der Waals surface area contributed by atoms with Gasteiger partial charge in [-0.1, -0.05) is 58.4 Å². The van der Waals surface area contributed by atoms with Gasteiger partial charge >= 0.3 is 0 Å². The largest absolute Gasteiger partial charge is 0.147 e. The summed E-state index contributed by atoms with van der Waals surface area (Å²) in [5, 5.41) is 5.46. The van der Waals surface area contributed by atoms with E-state index in [1.807, 2.05) is 11.3 Å². The molecule has 21 heavy (non-hydrogen) atoms. The minimum atomic E-state index is 0.463. The summed E-state index contributed by atoms with van der Waals surface area (Å²) in [6.45, 7) is 4.64. The average molecular weight is 321 g/mol. The molecule has 0 N–H and O–H groups in total. The van der Waals surface area contributed by atoms with E-state index in [0.29, 0.717) is 5.41 Å². The van der Waals surface area contributed by atoms with Gasteiger partial charge in [-0.25, -0.2) is 0 Å². The number of allylic oxidation sites excluding steroid dienone is 1. The van der Waals surface area contributed by atoms with Crippen LogP contribution in [0.2, 0.25) is 0 Å². The van der Waals surface area contributed by atoms with Crippen LogP contribution in [0.1, 0.15) is 80.9 Å². The molecule has 0 bridgehead atoms. The SMILES string of the molecule is CCCCCC1(CCCCC)c2ccsc2C2SC=CC21. The molecule has 0 saturated carbocycles. The standard InChI is InChI=1S/C19H28S2/c1-3-5-7-11-19(12-8-6-4-2)15-9-13-20-17(15)18-16(19)10-14-21-18/h9-10,13-15,17H,3-8,11-12H2,1-2H3. The minimum Gasteiger partial charge on any atom is -0.147 e. The first-order valence-corrected chi connectivity index (χ1v) is 10.6. The van der Waals surface area contributed by atoms with Crippen molar-refractivity contribution >= 4 is 23.1 Å². The van der Waals surface area contributed by atoms with Crippen molar-refractivity contribution in [3.63, 3.8) is 0 Å². The molecule has 2 aliphatic rings. The van der Waals surface area contributed by atoms with E-state index >= 15 is 0 Å². The lowest BCUT2D eigenvalue weighted by Crippen LogP contribution is -2.31. The highest BCUT2D eigenvalue weighted by Gasteiger charge is 2.52. The quantitative estimate of drug-likeness (QED) is 0.461. The summed E-state index contributed by atoms with van der Waals surface area (Å²) in [6.07, 6.45) is 13.6. The number of thioether (sulfide) groups is 1. The molecule has 0 fully saturated rings. The molecule has 2 heterocycles. The van der Waals surface area contributed by atoms with E-state index in [1.165, 1.54) is 51.4 Å². The number of rotatable bonds is 8. The lowest BCUT2D eigenvalue weighted by molar-refractivity contribution is 0.277. The highest BCUT2D eigenvalue weighted by molar-refractivity contribution is 8.02. The Morgan fingerprint density at radius 2 is 1.76 bits per heavy atom. The highest BCUT2D eigenvalue weighted by Crippen LogP contribution is 2.64. The summed E-state index contributed by atoms with van der Waals surface area (Å²) < 4.78 is 0. The zero-order valence-corrected chi connectivity index (χ0v) is 15.1. The molecule has 2 heteroatoms. The Morgan fingerprint density at radius 1 is 1.05 bits per heavy atom. The van der Waals surface area contributed by atoms with Crippen LogP contribution in [0.4, 0.5) is 0 Å². The summed E-state index contributed by atoms with van der Waals surface area (Å²) >= 11 is 4.08. The van der Waals surface area contributed by atoms with E-state index < -0.39 is 0 Å². The first-order chi connectivity index (χ1) is 10.3. The Hall–Kier alpha value is -0.210. The normalized spacial score (nSPS) is 25.2. The second-order valence-corrected chi connectivity index (χ2v) is 8.68. The first-order valence-electron chi connectivity index (χ1n) is 8.73. The van der Waals surface area contributed by atoms with E-state index in [9.17, 15) is 0 Å². The van der Waals surface area contributed by atoms with Gasteiger partial charge in [-0.15, -0.1) is 23.1 Å². The van der Waals surface area contributed by atoms with Crippen LogP contribution in [0.25, 0.3) is 0 Å². The zero-order chi connectivity index (χ0) is 14.7. The summed E-state index contributed by atoms with van der Waals surface area (Å²) in [5.41, 5.74) is 2.19. The van der Waals surface area contributed by atoms with Crippen molar-refractivity contribution in [3.05, 3.63) is 33.4 Å². The number of unbranched alkanes of at least 4 members (excludes halogenated alkanes) is 4. The number of hydrogen-bond donors (Lipinski definition) is 0. The van der Waals surface area contributed by atoms with Crippen molar-refractivity contribution in [1.82, 2.24) is 0 Å². The molecule has 0 nitrogen and oxygen atoms in total. The number of thiophene rings is 1. The molecule has 2 unspecified atom stereocenters. The maximum atomic E-state index is 2.54. The summed E-state index contributed by atoms with van der Waals surface area (Å²) in [5.74, 6) is 0.777. The molecule has 1 aromatic heterocycles. The Labute approximate surface area is 138 Å². The van der Waals surface area contributed by atoms with Gasteiger partial charge in [0.1, 0.15) is 0 Å². The predicted molar refractivity (Wildman–Crippen MR) is 97.2 cm³/mol. The van der Waals surface area contributed by atoms with Gasteiger partial charge in [0.25, 0.3) is 0 Å². The third kappa shape index (κ3) is 2.74. The third-order valence-electron chi connectivity index (χ3n) is 5.42. The monoisotopic (exact) mass is 320 g/mol. The van der Waals surface area contributed by atoms with Crippen molar-refractivity contribution in [2.45, 2.75) is 75.9 Å². The average Bonchev–Trinajstić information content (AvgIpc) is 3.17. The van der Waals surface area contributed by atoms with Gasteiger partial charge in [-0.3, -0.25) is 0 Å². The molecule has 1 aromatic rings. The summed E-state index contributed by atoms with van der Waals surface area (Å²) in [4.78, 5) is 1.70. The molecule has 2 atom stereocenters. The topological polar surface area (TPSA) is 0 Å². The van der Waals surface area contributed by atoms with Crippen molar-refractivity contribution < 1.29 is 0 Å². The number of hydrogen-bond acceptors (Lipinski definition) is 2. The predicted octanol–water partition coefficient (Wildman–Crippen LogP) is 7.08. The second kappa shape index (κ2) is 6.91. The Kier molecular flexibility index (Phi) is 5.16. The van der Waals surface area contributed by atoms with Gasteiger partial charge < -0.3 is 0 Å². The molecule has 116 valence electrons. The zero-order valence-electron chi connectivity index (χ0n) is 13.4. The van der Waals surface area contributed by atoms with E-state index in [4.69, 9.17) is 0 Å². The summed E-state index contributed by atoms with van der Waals surface area (Å²) in [7, 11) is 0. The summed E-state index contributed by atoms with van der Waals surface area (Å²) in [6, 6.07) is 2.46.